The van der Waals surface area contributed by atoms with Crippen LogP contribution in [0, 0.1) is 10.8 Å². The molecule has 0 aliphatic heterocycles. The number of hydrogen-bond donors (Lipinski definition) is 7. The minimum atomic E-state index is -0.833. The molecule has 0 aromatic rings. The molecular formula is C11H30N10O2. The van der Waals surface area contributed by atoms with Gasteiger partial charge < -0.3 is 37.8 Å². The summed E-state index contributed by atoms with van der Waals surface area (Å²) in [5.41, 5.74) is 20.2. The van der Waals surface area contributed by atoms with E-state index in [2.05, 4.69) is 9.98 Å². The molecule has 0 bridgehead atoms. The van der Waals surface area contributed by atoms with Crippen LogP contribution >= 0.6 is 0 Å². The van der Waals surface area contributed by atoms with Crippen LogP contribution in [0.2, 0.25) is 0 Å². The van der Waals surface area contributed by atoms with Crippen molar-refractivity contribution in [3.8, 4) is 0 Å². The number of guanidine groups is 4. The predicted molar refractivity (Wildman–Crippen MR) is 94.5 cm³/mol. The van der Waals surface area contributed by atoms with Crippen LogP contribution in [0.5, 0.6) is 0 Å². The van der Waals surface area contributed by atoms with Crippen molar-refractivity contribution in [3.05, 3.63) is 0 Å². The quantitative estimate of drug-likeness (QED) is 0.198. The van der Waals surface area contributed by atoms with Gasteiger partial charge in [-0.05, 0) is 0 Å². The summed E-state index contributed by atoms with van der Waals surface area (Å²) in [7, 11) is 6.83. The Kier molecular flexibility index (Phi) is 18.8. The summed E-state index contributed by atoms with van der Waals surface area (Å²) < 4.78 is 0. The lowest BCUT2D eigenvalue weighted by Crippen LogP contribution is -2.32. The molecule has 0 aromatic heterocycles. The van der Waals surface area contributed by atoms with E-state index in [1.54, 1.807) is 33.1 Å². The van der Waals surface area contributed by atoms with Crippen molar-refractivity contribution >= 4 is 29.8 Å². The lowest BCUT2D eigenvalue weighted by molar-refractivity contribution is -0.134. The Bertz CT molecular complexity index is 421. The van der Waals surface area contributed by atoms with E-state index < -0.39 is 5.97 Å². The normalized spacial score (nSPS) is 8.65. The molecule has 0 fully saturated rings. The molecule has 0 radical (unpaired) electrons. The molecule has 0 aromatic carbocycles. The minimum absolute atomic E-state index is 0. The van der Waals surface area contributed by atoms with E-state index in [-0.39, 0.29) is 31.3 Å². The molecule has 0 saturated heterocycles. The van der Waals surface area contributed by atoms with Gasteiger partial charge in [0.05, 0.1) is 0 Å². The molecule has 0 amide bonds. The topological polar surface area (TPSA) is 220 Å². The molecule has 0 atom stereocenters. The van der Waals surface area contributed by atoms with E-state index >= 15 is 0 Å². The third kappa shape index (κ3) is 32.5. The summed E-state index contributed by atoms with van der Waals surface area (Å²) in [6.07, 6.45) is 0. The molecule has 0 aliphatic rings. The van der Waals surface area contributed by atoms with Gasteiger partial charge in [-0.15, -0.1) is 0 Å². The fourth-order valence-corrected chi connectivity index (χ4v) is 0.446. The maximum atomic E-state index is 9.00. The second-order valence-corrected chi connectivity index (χ2v) is 4.02. The number of rotatable bonds is 0. The highest BCUT2D eigenvalue weighted by Gasteiger charge is 1.93. The third-order valence-electron chi connectivity index (χ3n) is 1.35. The first-order valence-corrected chi connectivity index (χ1v) is 5.71. The summed E-state index contributed by atoms with van der Waals surface area (Å²) in [4.78, 5) is 19.0. The molecule has 0 rings (SSSR count). The number of nitrogens with one attached hydrogen (secondary N) is 2. The highest BCUT2D eigenvalue weighted by atomic mass is 16.4. The van der Waals surface area contributed by atoms with E-state index in [0.29, 0.717) is 0 Å². The molecule has 12 heteroatoms. The molecule has 0 spiro atoms. The molecule has 0 aliphatic carbocycles. The van der Waals surface area contributed by atoms with E-state index in [4.69, 9.17) is 43.7 Å². The summed E-state index contributed by atoms with van der Waals surface area (Å²) in [6, 6.07) is 0. The smallest absolute Gasteiger partial charge is 0.300 e. The zero-order chi connectivity index (χ0) is 18.5. The lowest BCUT2D eigenvalue weighted by Gasteiger charge is -2.08. The maximum absolute atomic E-state index is 9.00. The van der Waals surface area contributed by atoms with Crippen LogP contribution in [-0.4, -0.2) is 72.9 Å². The molecule has 23 heavy (non-hydrogen) atoms. The SMILES string of the molecule is C.CC(=O)O.CN(C)C(=N)N=C(N)N.CN(C)C(N)=NC(=N)N. The second kappa shape index (κ2) is 15.3. The molecule has 0 heterocycles. The zero-order valence-electron chi connectivity index (χ0n) is 13.5. The number of aliphatic carboxylic acids is 1. The van der Waals surface area contributed by atoms with E-state index in [1.165, 1.54) is 4.90 Å². The van der Waals surface area contributed by atoms with Crippen LogP contribution in [0.3, 0.4) is 0 Å². The van der Waals surface area contributed by atoms with Crippen molar-refractivity contribution in [2.75, 3.05) is 28.2 Å². The molecular weight excluding hydrogens is 304 g/mol. The van der Waals surface area contributed by atoms with Crippen molar-refractivity contribution < 1.29 is 9.90 Å². The van der Waals surface area contributed by atoms with Gasteiger partial charge in [-0.1, -0.05) is 7.43 Å². The maximum Gasteiger partial charge on any atom is 0.300 e. The van der Waals surface area contributed by atoms with Crippen LogP contribution in [-0.2, 0) is 4.79 Å². The monoisotopic (exact) mass is 334 g/mol. The fraction of sp³-hybridized carbons (Fsp3) is 0.545. The number of nitrogens with zero attached hydrogens (tertiary/aromatic N) is 4. The van der Waals surface area contributed by atoms with Gasteiger partial charge in [0.25, 0.3) is 5.97 Å². The second-order valence-electron chi connectivity index (χ2n) is 4.02. The Labute approximate surface area is 136 Å². The van der Waals surface area contributed by atoms with Gasteiger partial charge in [0.1, 0.15) is 0 Å². The van der Waals surface area contributed by atoms with Gasteiger partial charge in [-0.2, -0.15) is 9.98 Å². The standard InChI is InChI=1S/2C4H11N5.C2H4O2.CH4/c2*1-9(2)4(7)8-3(5)6;1-2(3)4;/h2*1-2H3,(H5,5,6,7,8);1H3,(H,3,4);1H4. The van der Waals surface area contributed by atoms with Crippen molar-refractivity contribution in [3.63, 3.8) is 0 Å². The Morgan fingerprint density at radius 3 is 1.39 bits per heavy atom. The number of hydrogen-bond acceptors (Lipinski definition) is 3. The Morgan fingerprint density at radius 1 is 0.957 bits per heavy atom. The van der Waals surface area contributed by atoms with Crippen LogP contribution in [0.4, 0.5) is 0 Å². The summed E-state index contributed by atoms with van der Waals surface area (Å²) in [5, 5.41) is 21.2. The van der Waals surface area contributed by atoms with E-state index in [9.17, 15) is 0 Å². The number of carboxylic acids is 1. The van der Waals surface area contributed by atoms with Crippen LogP contribution in [0.15, 0.2) is 9.98 Å². The van der Waals surface area contributed by atoms with Gasteiger partial charge in [0, 0.05) is 35.1 Å². The average Bonchev–Trinajstić information content (AvgIpc) is 2.26. The minimum Gasteiger partial charge on any atom is -0.481 e. The van der Waals surface area contributed by atoms with Crippen LogP contribution in [0.25, 0.3) is 0 Å². The van der Waals surface area contributed by atoms with Crippen molar-refractivity contribution in [1.82, 2.24) is 9.80 Å². The molecule has 0 unspecified atom stereocenters. The zero-order valence-corrected chi connectivity index (χ0v) is 13.5. The number of carboxylic acid groups (broad SMARTS) is 1. The van der Waals surface area contributed by atoms with Crippen LogP contribution < -0.4 is 22.9 Å². The van der Waals surface area contributed by atoms with Crippen LogP contribution in [0.1, 0.15) is 14.4 Å². The van der Waals surface area contributed by atoms with Gasteiger partial charge in [0.2, 0.25) is 11.9 Å². The van der Waals surface area contributed by atoms with E-state index in [0.717, 1.165) is 6.92 Å². The van der Waals surface area contributed by atoms with Crippen molar-refractivity contribution in [2.45, 2.75) is 14.4 Å². The van der Waals surface area contributed by atoms with E-state index in [1.807, 2.05) is 0 Å². The highest BCUT2D eigenvalue weighted by molar-refractivity contribution is 5.91. The van der Waals surface area contributed by atoms with Crippen molar-refractivity contribution in [1.29, 1.82) is 10.8 Å². The first-order chi connectivity index (χ1) is 9.81. The highest BCUT2D eigenvalue weighted by Crippen LogP contribution is 1.78. The summed E-state index contributed by atoms with van der Waals surface area (Å²) >= 11 is 0. The molecule has 0 saturated carbocycles. The first-order valence-electron chi connectivity index (χ1n) is 5.71. The Hall–Kier alpha value is -3.05. The van der Waals surface area contributed by atoms with Gasteiger partial charge >= 0.3 is 0 Å². The first kappa shape index (κ1) is 28.2. The van der Waals surface area contributed by atoms with Gasteiger partial charge in [-0.25, -0.2) is 0 Å². The lowest BCUT2D eigenvalue weighted by atomic mass is 10.8. The average molecular weight is 334 g/mol. The number of carbonyl (C=O) groups is 1. The summed E-state index contributed by atoms with van der Waals surface area (Å²) in [5.74, 6) is -0.910. The molecule has 11 N–H and O–H groups in total. The number of aliphatic imine (C=N–C) groups is 2. The van der Waals surface area contributed by atoms with Gasteiger partial charge in [-0.3, -0.25) is 15.6 Å². The fourth-order valence-electron chi connectivity index (χ4n) is 0.446. The van der Waals surface area contributed by atoms with Crippen molar-refractivity contribution in [2.24, 2.45) is 32.9 Å². The largest absolute Gasteiger partial charge is 0.481 e. The Balaban J connectivity index is -0.000000124. The summed E-state index contributed by atoms with van der Waals surface area (Å²) in [6.45, 7) is 1.08. The molecule has 12 nitrogen and oxygen atoms in total. The number of nitrogens with two attached hydrogens (primary N) is 4. The van der Waals surface area contributed by atoms with Gasteiger partial charge in [0.15, 0.2) is 11.9 Å². The Morgan fingerprint density at radius 2 is 1.30 bits per heavy atom. The third-order valence-corrected chi connectivity index (χ3v) is 1.35. The predicted octanol–water partition coefficient (Wildman–Crippen LogP) is -1.76. The molecule has 136 valence electrons.